The average Bonchev–Trinajstić information content (AvgIpc) is 2.62. The van der Waals surface area contributed by atoms with Gasteiger partial charge in [-0.15, -0.1) is 0 Å². The van der Waals surface area contributed by atoms with Gasteiger partial charge in [0, 0.05) is 25.7 Å². The van der Waals surface area contributed by atoms with Gasteiger partial charge in [-0.05, 0) is 23.6 Å². The second-order valence-corrected chi connectivity index (χ2v) is 7.34. The topological polar surface area (TPSA) is 41.6 Å². The summed E-state index contributed by atoms with van der Waals surface area (Å²) in [5.74, 6) is 0.589. The van der Waals surface area contributed by atoms with Crippen molar-refractivity contribution in [3.8, 4) is 0 Å². The van der Waals surface area contributed by atoms with Gasteiger partial charge in [0.05, 0.1) is 29.7 Å². The largest absolute Gasteiger partial charge is 0.379 e. The van der Waals surface area contributed by atoms with Gasteiger partial charge in [-0.25, -0.2) is 0 Å². The molecule has 25 heavy (non-hydrogen) atoms. The lowest BCUT2D eigenvalue weighted by Gasteiger charge is -2.38. The van der Waals surface area contributed by atoms with Crippen molar-refractivity contribution >= 4 is 29.1 Å². The van der Waals surface area contributed by atoms with Crippen LogP contribution in [-0.4, -0.2) is 49.7 Å². The van der Waals surface area contributed by atoms with Crippen LogP contribution in [0.4, 0.5) is 0 Å². The standard InChI is InChI=1S/C19H28Cl2N2O2/c1-3-15(4-2)18(23-7-9-25-10-8-23)13-22-19(24)12-14-5-6-16(20)17(21)11-14/h5-6,11,15,18H,3-4,7-10,12-13H2,1-2H3,(H,22,24). The number of carbonyl (C=O) groups excluding carboxylic acids is 1. The Labute approximate surface area is 160 Å². The monoisotopic (exact) mass is 386 g/mol. The quantitative estimate of drug-likeness (QED) is 0.738. The molecule has 2 rings (SSSR count). The Balaban J connectivity index is 1.93. The summed E-state index contributed by atoms with van der Waals surface area (Å²) in [7, 11) is 0. The van der Waals surface area contributed by atoms with Gasteiger partial charge in [0.15, 0.2) is 0 Å². The highest BCUT2D eigenvalue weighted by Crippen LogP contribution is 2.23. The molecule has 1 aliphatic heterocycles. The lowest BCUT2D eigenvalue weighted by Crippen LogP contribution is -2.52. The minimum atomic E-state index is 0.0163. The Bertz CT molecular complexity index is 558. The molecule has 1 unspecified atom stereocenters. The number of hydrogen-bond acceptors (Lipinski definition) is 3. The summed E-state index contributed by atoms with van der Waals surface area (Å²) >= 11 is 11.9. The summed E-state index contributed by atoms with van der Waals surface area (Å²) < 4.78 is 5.47. The van der Waals surface area contributed by atoms with Gasteiger partial charge in [-0.1, -0.05) is 56.0 Å². The summed E-state index contributed by atoms with van der Waals surface area (Å²) in [6.07, 6.45) is 2.54. The molecule has 140 valence electrons. The van der Waals surface area contributed by atoms with E-state index in [-0.39, 0.29) is 5.91 Å². The molecule has 0 spiro atoms. The summed E-state index contributed by atoms with van der Waals surface area (Å²) in [5, 5.41) is 4.10. The molecule has 1 aromatic carbocycles. The van der Waals surface area contributed by atoms with Crippen LogP contribution in [0, 0.1) is 5.92 Å². The van der Waals surface area contributed by atoms with Gasteiger partial charge >= 0.3 is 0 Å². The zero-order valence-corrected chi connectivity index (χ0v) is 16.6. The number of amides is 1. The highest BCUT2D eigenvalue weighted by Gasteiger charge is 2.27. The van der Waals surface area contributed by atoms with E-state index in [1.54, 1.807) is 12.1 Å². The molecule has 1 saturated heterocycles. The molecule has 0 saturated carbocycles. The average molecular weight is 387 g/mol. The number of ether oxygens (including phenoxy) is 1. The lowest BCUT2D eigenvalue weighted by molar-refractivity contribution is -0.120. The van der Waals surface area contributed by atoms with E-state index < -0.39 is 0 Å². The third-order valence-electron chi connectivity index (χ3n) is 4.96. The predicted octanol–water partition coefficient (Wildman–Crippen LogP) is 3.79. The van der Waals surface area contributed by atoms with Gasteiger partial charge in [0.2, 0.25) is 5.91 Å². The number of nitrogens with zero attached hydrogens (tertiary/aromatic N) is 1. The normalized spacial score (nSPS) is 16.8. The molecule has 1 aromatic rings. The van der Waals surface area contributed by atoms with Crippen LogP contribution in [0.5, 0.6) is 0 Å². The smallest absolute Gasteiger partial charge is 0.224 e. The lowest BCUT2D eigenvalue weighted by atomic mass is 9.92. The molecule has 1 fully saturated rings. The van der Waals surface area contributed by atoms with Crippen molar-refractivity contribution in [1.29, 1.82) is 0 Å². The van der Waals surface area contributed by atoms with Gasteiger partial charge < -0.3 is 10.1 Å². The molecule has 6 heteroatoms. The minimum Gasteiger partial charge on any atom is -0.379 e. The van der Waals surface area contributed by atoms with E-state index in [2.05, 4.69) is 24.1 Å². The second kappa shape index (κ2) is 10.4. The molecule has 0 radical (unpaired) electrons. The fraction of sp³-hybridized carbons (Fsp3) is 0.632. The van der Waals surface area contributed by atoms with E-state index in [4.69, 9.17) is 27.9 Å². The number of benzene rings is 1. The van der Waals surface area contributed by atoms with Gasteiger partial charge in [0.1, 0.15) is 0 Å². The van der Waals surface area contributed by atoms with E-state index in [0.717, 1.165) is 44.7 Å². The Hall–Kier alpha value is -0.810. The van der Waals surface area contributed by atoms with Crippen molar-refractivity contribution in [3.05, 3.63) is 33.8 Å². The predicted molar refractivity (Wildman–Crippen MR) is 103 cm³/mol. The minimum absolute atomic E-state index is 0.0163. The van der Waals surface area contributed by atoms with Gasteiger partial charge in [-0.2, -0.15) is 0 Å². The van der Waals surface area contributed by atoms with Crippen LogP contribution >= 0.6 is 23.2 Å². The molecule has 1 atom stereocenters. The fourth-order valence-electron chi connectivity index (χ4n) is 3.45. The van der Waals surface area contributed by atoms with Crippen molar-refractivity contribution in [2.45, 2.75) is 39.2 Å². The summed E-state index contributed by atoms with van der Waals surface area (Å²) in [5.41, 5.74) is 0.873. The Morgan fingerprint density at radius 3 is 2.48 bits per heavy atom. The molecular weight excluding hydrogens is 359 g/mol. The number of halogens is 2. The maximum absolute atomic E-state index is 12.4. The van der Waals surface area contributed by atoms with Crippen molar-refractivity contribution < 1.29 is 9.53 Å². The first kappa shape index (κ1) is 20.5. The van der Waals surface area contributed by atoms with Gasteiger partial charge in [-0.3, -0.25) is 9.69 Å². The molecule has 0 aromatic heterocycles. The van der Waals surface area contributed by atoms with E-state index in [0.29, 0.717) is 35.0 Å². The molecular formula is C19H28Cl2N2O2. The first-order chi connectivity index (χ1) is 12.0. The zero-order valence-electron chi connectivity index (χ0n) is 15.1. The molecule has 0 aliphatic carbocycles. The summed E-state index contributed by atoms with van der Waals surface area (Å²) in [6.45, 7) is 8.53. The highest BCUT2D eigenvalue weighted by atomic mass is 35.5. The highest BCUT2D eigenvalue weighted by molar-refractivity contribution is 6.42. The maximum Gasteiger partial charge on any atom is 0.224 e. The van der Waals surface area contributed by atoms with Crippen molar-refractivity contribution in [1.82, 2.24) is 10.2 Å². The number of carbonyl (C=O) groups is 1. The first-order valence-corrected chi connectivity index (χ1v) is 9.83. The maximum atomic E-state index is 12.4. The first-order valence-electron chi connectivity index (χ1n) is 9.07. The van der Waals surface area contributed by atoms with Crippen molar-refractivity contribution in [3.63, 3.8) is 0 Å². The molecule has 4 nitrogen and oxygen atoms in total. The Morgan fingerprint density at radius 2 is 1.88 bits per heavy atom. The number of nitrogens with one attached hydrogen (secondary N) is 1. The Morgan fingerprint density at radius 1 is 1.20 bits per heavy atom. The molecule has 1 heterocycles. The molecule has 1 aliphatic rings. The van der Waals surface area contributed by atoms with Crippen LogP contribution in [0.25, 0.3) is 0 Å². The third kappa shape index (κ3) is 6.14. The molecule has 1 amide bonds. The fourth-order valence-corrected chi connectivity index (χ4v) is 3.77. The zero-order chi connectivity index (χ0) is 18.2. The number of rotatable bonds is 8. The van der Waals surface area contributed by atoms with E-state index >= 15 is 0 Å². The van der Waals surface area contributed by atoms with Crippen LogP contribution < -0.4 is 5.32 Å². The second-order valence-electron chi connectivity index (χ2n) is 6.52. The van der Waals surface area contributed by atoms with E-state index in [9.17, 15) is 4.79 Å². The number of hydrogen-bond donors (Lipinski definition) is 1. The van der Waals surface area contributed by atoms with Crippen molar-refractivity contribution in [2.75, 3.05) is 32.8 Å². The van der Waals surface area contributed by atoms with Gasteiger partial charge in [0.25, 0.3) is 0 Å². The van der Waals surface area contributed by atoms with E-state index in [1.165, 1.54) is 0 Å². The van der Waals surface area contributed by atoms with E-state index in [1.807, 2.05) is 6.07 Å². The van der Waals surface area contributed by atoms with Crippen LogP contribution in [0.2, 0.25) is 10.0 Å². The Kier molecular flexibility index (Phi) is 8.50. The van der Waals surface area contributed by atoms with Crippen molar-refractivity contribution in [2.24, 2.45) is 5.92 Å². The molecule has 1 N–H and O–H groups in total. The number of morpholine rings is 1. The third-order valence-corrected chi connectivity index (χ3v) is 5.70. The van der Waals surface area contributed by atoms with Crippen LogP contribution in [0.1, 0.15) is 32.3 Å². The van der Waals surface area contributed by atoms with Crippen LogP contribution in [0.3, 0.4) is 0 Å². The van der Waals surface area contributed by atoms with Crippen LogP contribution in [0.15, 0.2) is 18.2 Å². The summed E-state index contributed by atoms with van der Waals surface area (Å²) in [6, 6.07) is 5.68. The molecule has 0 bridgehead atoms. The van der Waals surface area contributed by atoms with Crippen LogP contribution in [-0.2, 0) is 16.0 Å². The summed E-state index contributed by atoms with van der Waals surface area (Å²) in [4.78, 5) is 14.8. The SMILES string of the molecule is CCC(CC)C(CNC(=O)Cc1ccc(Cl)c(Cl)c1)N1CCOCC1.